The Balaban J connectivity index is 1.53. The zero-order valence-electron chi connectivity index (χ0n) is 13.1. The van der Waals surface area contributed by atoms with E-state index in [4.69, 9.17) is 4.98 Å². The smallest absolute Gasteiger partial charge is 0.159 e. The average molecular weight is 382 g/mol. The predicted octanol–water partition coefficient (Wildman–Crippen LogP) is 3.25. The molecule has 0 saturated heterocycles. The van der Waals surface area contributed by atoms with Crippen LogP contribution in [0.25, 0.3) is 11.4 Å². The number of hydrogen-bond acceptors (Lipinski definition) is 5. The highest BCUT2D eigenvalue weighted by molar-refractivity contribution is 9.10. The molecule has 24 heavy (non-hydrogen) atoms. The van der Waals surface area contributed by atoms with Gasteiger partial charge in [-0.3, -0.25) is 14.9 Å². The maximum atomic E-state index is 4.76. The number of aromatic nitrogens is 4. The Kier molecular flexibility index (Phi) is 4.32. The third-order valence-corrected chi connectivity index (χ3v) is 4.92. The SMILES string of the molecule is Brc1cnccc1CN1CCc2nc(-c3ccncc3)ncc2C1. The van der Waals surface area contributed by atoms with Gasteiger partial charge in [0.1, 0.15) is 0 Å². The molecule has 0 spiro atoms. The van der Waals surface area contributed by atoms with Crippen molar-refractivity contribution in [1.29, 1.82) is 0 Å². The maximum absolute atomic E-state index is 4.76. The molecule has 0 unspecified atom stereocenters. The van der Waals surface area contributed by atoms with Crippen molar-refractivity contribution in [2.75, 3.05) is 6.54 Å². The summed E-state index contributed by atoms with van der Waals surface area (Å²) in [6.07, 6.45) is 10.1. The van der Waals surface area contributed by atoms with Crippen LogP contribution in [0.5, 0.6) is 0 Å². The molecular weight excluding hydrogens is 366 g/mol. The van der Waals surface area contributed by atoms with Crippen molar-refractivity contribution < 1.29 is 0 Å². The molecule has 0 amide bonds. The highest BCUT2D eigenvalue weighted by atomic mass is 79.9. The molecule has 6 heteroatoms. The summed E-state index contributed by atoms with van der Waals surface area (Å²) in [5.74, 6) is 0.779. The molecule has 3 aromatic heterocycles. The summed E-state index contributed by atoms with van der Waals surface area (Å²) >= 11 is 3.57. The lowest BCUT2D eigenvalue weighted by molar-refractivity contribution is 0.242. The first-order chi connectivity index (χ1) is 11.8. The quantitative estimate of drug-likeness (QED) is 0.696. The fraction of sp³-hybridized carbons (Fsp3) is 0.222. The molecule has 0 atom stereocenters. The lowest BCUT2D eigenvalue weighted by atomic mass is 10.1. The Morgan fingerprint density at radius 1 is 1.04 bits per heavy atom. The van der Waals surface area contributed by atoms with Crippen LogP contribution in [0.15, 0.2) is 53.7 Å². The minimum atomic E-state index is 0.779. The van der Waals surface area contributed by atoms with Crippen LogP contribution < -0.4 is 0 Å². The predicted molar refractivity (Wildman–Crippen MR) is 95.0 cm³/mol. The van der Waals surface area contributed by atoms with E-state index >= 15 is 0 Å². The first kappa shape index (κ1) is 15.4. The van der Waals surface area contributed by atoms with Gasteiger partial charge in [0, 0.05) is 72.6 Å². The summed E-state index contributed by atoms with van der Waals surface area (Å²) in [7, 11) is 0. The van der Waals surface area contributed by atoms with Crippen LogP contribution in [0, 0.1) is 0 Å². The monoisotopic (exact) mass is 381 g/mol. The molecule has 5 nitrogen and oxygen atoms in total. The van der Waals surface area contributed by atoms with Crippen molar-refractivity contribution in [3.63, 3.8) is 0 Å². The summed E-state index contributed by atoms with van der Waals surface area (Å²) in [5.41, 5.74) is 4.63. The molecule has 120 valence electrons. The van der Waals surface area contributed by atoms with E-state index in [-0.39, 0.29) is 0 Å². The summed E-state index contributed by atoms with van der Waals surface area (Å²) < 4.78 is 1.06. The molecule has 4 heterocycles. The zero-order valence-corrected chi connectivity index (χ0v) is 14.6. The van der Waals surface area contributed by atoms with Crippen LogP contribution in [-0.4, -0.2) is 31.4 Å². The average Bonchev–Trinajstić information content (AvgIpc) is 2.64. The summed E-state index contributed by atoms with van der Waals surface area (Å²) in [4.78, 5) is 19.9. The Labute approximate surface area is 149 Å². The van der Waals surface area contributed by atoms with Gasteiger partial charge in [-0.25, -0.2) is 9.97 Å². The van der Waals surface area contributed by atoms with E-state index in [1.165, 1.54) is 11.1 Å². The van der Waals surface area contributed by atoms with E-state index in [1.807, 2.05) is 30.7 Å². The van der Waals surface area contributed by atoms with Crippen LogP contribution in [0.1, 0.15) is 16.8 Å². The van der Waals surface area contributed by atoms with Crippen molar-refractivity contribution >= 4 is 15.9 Å². The summed E-state index contributed by atoms with van der Waals surface area (Å²) in [5, 5.41) is 0. The van der Waals surface area contributed by atoms with Gasteiger partial charge >= 0.3 is 0 Å². The first-order valence-electron chi connectivity index (χ1n) is 7.85. The van der Waals surface area contributed by atoms with Crippen molar-refractivity contribution in [2.24, 2.45) is 0 Å². The van der Waals surface area contributed by atoms with Crippen LogP contribution >= 0.6 is 15.9 Å². The second-order valence-electron chi connectivity index (χ2n) is 5.83. The van der Waals surface area contributed by atoms with E-state index in [1.54, 1.807) is 12.4 Å². The molecule has 0 aromatic carbocycles. The molecule has 0 N–H and O–H groups in total. The highest BCUT2D eigenvalue weighted by Gasteiger charge is 2.19. The molecule has 0 fully saturated rings. The van der Waals surface area contributed by atoms with Gasteiger partial charge < -0.3 is 0 Å². The number of pyridine rings is 2. The Bertz CT molecular complexity index is 853. The van der Waals surface area contributed by atoms with Gasteiger partial charge in [-0.2, -0.15) is 0 Å². The van der Waals surface area contributed by atoms with E-state index in [0.717, 1.165) is 47.6 Å². The van der Waals surface area contributed by atoms with Crippen LogP contribution in [0.3, 0.4) is 0 Å². The number of hydrogen-bond donors (Lipinski definition) is 0. The minimum absolute atomic E-state index is 0.779. The molecule has 4 rings (SSSR count). The van der Waals surface area contributed by atoms with Crippen molar-refractivity contribution in [3.05, 3.63) is 70.5 Å². The normalized spacial score (nSPS) is 14.4. The standard InChI is InChI=1S/C18H16BrN5/c19-16-10-21-7-3-14(16)11-24-8-4-17-15(12-24)9-22-18(23-17)13-1-5-20-6-2-13/h1-3,5-7,9-10H,4,8,11-12H2. The lowest BCUT2D eigenvalue weighted by Crippen LogP contribution is -2.31. The van der Waals surface area contributed by atoms with E-state index < -0.39 is 0 Å². The second kappa shape index (κ2) is 6.75. The zero-order chi connectivity index (χ0) is 16.4. The molecule has 1 aliphatic rings. The fourth-order valence-electron chi connectivity index (χ4n) is 2.92. The number of fused-ring (bicyclic) bond motifs is 1. The van der Waals surface area contributed by atoms with Crippen LogP contribution in [0.4, 0.5) is 0 Å². The van der Waals surface area contributed by atoms with Gasteiger partial charge in [0.15, 0.2) is 5.82 Å². The lowest BCUT2D eigenvalue weighted by Gasteiger charge is -2.28. The van der Waals surface area contributed by atoms with Gasteiger partial charge in [-0.05, 0) is 39.7 Å². The second-order valence-corrected chi connectivity index (χ2v) is 6.68. The van der Waals surface area contributed by atoms with E-state index in [0.29, 0.717) is 0 Å². The Hall–Kier alpha value is -2.18. The molecular formula is C18H16BrN5. The number of rotatable bonds is 3. The third-order valence-electron chi connectivity index (χ3n) is 4.20. The van der Waals surface area contributed by atoms with Gasteiger partial charge in [-0.1, -0.05) is 0 Å². The molecule has 3 aromatic rings. The molecule has 0 radical (unpaired) electrons. The summed E-state index contributed by atoms with van der Waals surface area (Å²) in [6, 6.07) is 5.94. The Morgan fingerprint density at radius 2 is 1.88 bits per heavy atom. The van der Waals surface area contributed by atoms with Crippen molar-refractivity contribution in [1.82, 2.24) is 24.8 Å². The molecule has 0 bridgehead atoms. The van der Waals surface area contributed by atoms with Crippen molar-refractivity contribution in [2.45, 2.75) is 19.5 Å². The van der Waals surface area contributed by atoms with Gasteiger partial charge in [0.05, 0.1) is 5.69 Å². The molecule has 1 aliphatic heterocycles. The first-order valence-corrected chi connectivity index (χ1v) is 8.65. The third kappa shape index (κ3) is 3.20. The number of halogens is 1. The topological polar surface area (TPSA) is 54.8 Å². The Morgan fingerprint density at radius 3 is 2.71 bits per heavy atom. The van der Waals surface area contributed by atoms with Crippen LogP contribution in [-0.2, 0) is 19.5 Å². The van der Waals surface area contributed by atoms with Gasteiger partial charge in [0.2, 0.25) is 0 Å². The van der Waals surface area contributed by atoms with Gasteiger partial charge in [0.25, 0.3) is 0 Å². The maximum Gasteiger partial charge on any atom is 0.159 e. The summed E-state index contributed by atoms with van der Waals surface area (Å²) in [6.45, 7) is 2.77. The molecule has 0 aliphatic carbocycles. The largest absolute Gasteiger partial charge is 0.294 e. The van der Waals surface area contributed by atoms with Gasteiger partial charge in [-0.15, -0.1) is 0 Å². The highest BCUT2D eigenvalue weighted by Crippen LogP contribution is 2.23. The van der Waals surface area contributed by atoms with E-state index in [2.05, 4.69) is 41.8 Å². The number of nitrogens with zero attached hydrogens (tertiary/aromatic N) is 5. The van der Waals surface area contributed by atoms with Crippen molar-refractivity contribution in [3.8, 4) is 11.4 Å². The fourth-order valence-corrected chi connectivity index (χ4v) is 3.30. The minimum Gasteiger partial charge on any atom is -0.294 e. The van der Waals surface area contributed by atoms with Crippen LogP contribution in [0.2, 0.25) is 0 Å². The van der Waals surface area contributed by atoms with E-state index in [9.17, 15) is 0 Å². The molecule has 0 saturated carbocycles.